The van der Waals surface area contributed by atoms with Gasteiger partial charge in [-0.25, -0.2) is 4.98 Å². The molecule has 0 aliphatic heterocycles. The Hall–Kier alpha value is -3.13. The van der Waals surface area contributed by atoms with Crippen LogP contribution in [0.25, 0.3) is 10.2 Å². The largest absolute Gasteiger partial charge is 0.493 e. The van der Waals surface area contributed by atoms with Crippen molar-refractivity contribution >= 4 is 38.8 Å². The number of nitrogens with zero attached hydrogens (tertiary/aromatic N) is 3. The average Bonchev–Trinajstić information content (AvgIpc) is 3.10. The number of hydrogen-bond acceptors (Lipinski definition) is 7. The van der Waals surface area contributed by atoms with Crippen molar-refractivity contribution < 1.29 is 19.0 Å². The van der Waals surface area contributed by atoms with Crippen molar-refractivity contribution in [2.24, 2.45) is 5.10 Å². The highest BCUT2D eigenvalue weighted by Crippen LogP contribution is 2.38. The van der Waals surface area contributed by atoms with Crippen LogP contribution in [0.2, 0.25) is 0 Å². The number of carbonyl (C=O) groups excluding carboxylic acids is 1. The molecule has 1 heterocycles. The third kappa shape index (κ3) is 3.85. The Labute approximate surface area is 160 Å². The predicted molar refractivity (Wildman–Crippen MR) is 106 cm³/mol. The van der Waals surface area contributed by atoms with Crippen LogP contribution < -0.4 is 19.2 Å². The molecule has 0 fully saturated rings. The van der Waals surface area contributed by atoms with Crippen molar-refractivity contribution in [3.05, 3.63) is 42.0 Å². The zero-order valence-corrected chi connectivity index (χ0v) is 16.2. The lowest BCUT2D eigenvalue weighted by molar-refractivity contribution is -0.116. The molecule has 0 spiro atoms. The molecule has 0 radical (unpaired) electrons. The number of para-hydroxylation sites is 1. The van der Waals surface area contributed by atoms with E-state index in [2.05, 4.69) is 10.1 Å². The lowest BCUT2D eigenvalue weighted by atomic mass is 10.2. The number of hydrazone groups is 1. The Balaban J connectivity index is 1.97. The number of thiazole rings is 1. The summed E-state index contributed by atoms with van der Waals surface area (Å²) in [5.41, 5.74) is 1.52. The summed E-state index contributed by atoms with van der Waals surface area (Å²) < 4.78 is 17.0. The van der Waals surface area contributed by atoms with E-state index in [9.17, 15) is 4.79 Å². The maximum atomic E-state index is 12.1. The second-order valence-electron chi connectivity index (χ2n) is 5.50. The second-order valence-corrected chi connectivity index (χ2v) is 6.51. The van der Waals surface area contributed by atoms with Crippen LogP contribution in [-0.2, 0) is 4.79 Å². The van der Waals surface area contributed by atoms with Crippen LogP contribution in [0.5, 0.6) is 17.2 Å². The highest BCUT2D eigenvalue weighted by atomic mass is 32.1. The molecule has 2 aromatic carbocycles. The summed E-state index contributed by atoms with van der Waals surface area (Å²) in [6.45, 7) is 1.44. The van der Waals surface area contributed by atoms with Crippen molar-refractivity contribution in [1.82, 2.24) is 4.98 Å². The number of anilines is 1. The molecule has 0 aliphatic rings. The van der Waals surface area contributed by atoms with Gasteiger partial charge in [-0.1, -0.05) is 23.5 Å². The van der Waals surface area contributed by atoms with E-state index >= 15 is 0 Å². The Bertz CT molecular complexity index is 942. The summed E-state index contributed by atoms with van der Waals surface area (Å²) in [4.78, 5) is 16.6. The third-order valence-corrected chi connectivity index (χ3v) is 4.78. The van der Waals surface area contributed by atoms with Gasteiger partial charge in [-0.05, 0) is 24.3 Å². The monoisotopic (exact) mass is 385 g/mol. The number of ether oxygens (including phenoxy) is 3. The molecule has 1 amide bonds. The van der Waals surface area contributed by atoms with Gasteiger partial charge in [0.15, 0.2) is 11.5 Å². The molecule has 0 saturated carbocycles. The van der Waals surface area contributed by atoms with E-state index < -0.39 is 0 Å². The van der Waals surface area contributed by atoms with Gasteiger partial charge in [-0.2, -0.15) is 10.1 Å². The van der Waals surface area contributed by atoms with E-state index in [1.54, 1.807) is 39.7 Å². The van der Waals surface area contributed by atoms with Crippen LogP contribution in [0, 0.1) is 0 Å². The smallest absolute Gasteiger partial charge is 0.246 e. The van der Waals surface area contributed by atoms with Crippen LogP contribution >= 0.6 is 11.3 Å². The Kier molecular flexibility index (Phi) is 5.56. The zero-order chi connectivity index (χ0) is 19.4. The Morgan fingerprint density at radius 3 is 2.33 bits per heavy atom. The van der Waals surface area contributed by atoms with Crippen LogP contribution in [0.4, 0.5) is 5.13 Å². The summed E-state index contributed by atoms with van der Waals surface area (Å²) in [6.07, 6.45) is 1.55. The Morgan fingerprint density at radius 1 is 1.11 bits per heavy atom. The molecule has 27 heavy (non-hydrogen) atoms. The highest BCUT2D eigenvalue weighted by Gasteiger charge is 2.16. The molecule has 0 saturated heterocycles. The van der Waals surface area contributed by atoms with Gasteiger partial charge in [-0.15, -0.1) is 0 Å². The summed E-state index contributed by atoms with van der Waals surface area (Å²) in [7, 11) is 4.63. The van der Waals surface area contributed by atoms with Crippen LogP contribution in [-0.4, -0.2) is 38.4 Å². The van der Waals surface area contributed by atoms with E-state index in [0.29, 0.717) is 27.9 Å². The predicted octanol–water partition coefficient (Wildman–Crippen LogP) is 3.71. The first kappa shape index (κ1) is 18.7. The van der Waals surface area contributed by atoms with E-state index in [0.717, 1.165) is 10.2 Å². The third-order valence-electron chi connectivity index (χ3n) is 3.77. The average molecular weight is 385 g/mol. The normalized spacial score (nSPS) is 11.0. The van der Waals surface area contributed by atoms with Gasteiger partial charge in [-0.3, -0.25) is 4.79 Å². The highest BCUT2D eigenvalue weighted by molar-refractivity contribution is 7.22. The molecule has 8 heteroatoms. The molecule has 1 aromatic heterocycles. The number of benzene rings is 2. The molecule has 3 rings (SSSR count). The number of rotatable bonds is 6. The molecule has 140 valence electrons. The van der Waals surface area contributed by atoms with Gasteiger partial charge in [0.2, 0.25) is 16.8 Å². The fourth-order valence-corrected chi connectivity index (χ4v) is 3.48. The quantitative estimate of drug-likeness (QED) is 0.478. The van der Waals surface area contributed by atoms with Crippen molar-refractivity contribution in [3.63, 3.8) is 0 Å². The van der Waals surface area contributed by atoms with Gasteiger partial charge in [0.1, 0.15) is 0 Å². The van der Waals surface area contributed by atoms with Gasteiger partial charge in [0.05, 0.1) is 37.8 Å². The van der Waals surface area contributed by atoms with E-state index in [1.165, 1.54) is 23.3 Å². The maximum absolute atomic E-state index is 12.1. The molecule has 0 atom stereocenters. The summed E-state index contributed by atoms with van der Waals surface area (Å²) in [6, 6.07) is 11.2. The molecule has 3 aromatic rings. The van der Waals surface area contributed by atoms with Crippen molar-refractivity contribution in [2.75, 3.05) is 26.3 Å². The minimum Gasteiger partial charge on any atom is -0.493 e. The fraction of sp³-hybridized carbons (Fsp3) is 0.211. The van der Waals surface area contributed by atoms with Crippen LogP contribution in [0.1, 0.15) is 12.5 Å². The molecule has 7 nitrogen and oxygen atoms in total. The maximum Gasteiger partial charge on any atom is 0.246 e. The van der Waals surface area contributed by atoms with Gasteiger partial charge in [0, 0.05) is 12.5 Å². The number of hydrogen-bond donors (Lipinski definition) is 0. The molecular weight excluding hydrogens is 366 g/mol. The summed E-state index contributed by atoms with van der Waals surface area (Å²) in [5.74, 6) is 1.27. The molecule has 0 aliphatic carbocycles. The number of methoxy groups -OCH3 is 3. The van der Waals surface area contributed by atoms with Gasteiger partial charge >= 0.3 is 0 Å². The minimum absolute atomic E-state index is 0.238. The Morgan fingerprint density at radius 2 is 1.78 bits per heavy atom. The lowest BCUT2D eigenvalue weighted by Gasteiger charge is -2.13. The second kappa shape index (κ2) is 8.05. The SMILES string of the molecule is COc1cc(C=NN(C(C)=O)c2nc3ccccc3s2)cc(OC)c1OC. The minimum atomic E-state index is -0.238. The first-order chi connectivity index (χ1) is 13.1. The number of fused-ring (bicyclic) bond motifs is 1. The van der Waals surface area contributed by atoms with Crippen molar-refractivity contribution in [2.45, 2.75) is 6.92 Å². The lowest BCUT2D eigenvalue weighted by Crippen LogP contribution is -2.22. The van der Waals surface area contributed by atoms with E-state index in [1.807, 2.05) is 24.3 Å². The summed E-state index contributed by atoms with van der Waals surface area (Å²) in [5, 5.41) is 6.10. The number of carbonyl (C=O) groups is 1. The molecule has 0 N–H and O–H groups in total. The van der Waals surface area contributed by atoms with Gasteiger partial charge < -0.3 is 14.2 Å². The number of aromatic nitrogens is 1. The van der Waals surface area contributed by atoms with Gasteiger partial charge in [0.25, 0.3) is 0 Å². The van der Waals surface area contributed by atoms with Crippen molar-refractivity contribution in [1.29, 1.82) is 0 Å². The molecule has 0 bridgehead atoms. The molecular formula is C19H19N3O4S. The summed E-state index contributed by atoms with van der Waals surface area (Å²) >= 11 is 1.40. The fourth-order valence-electron chi connectivity index (χ4n) is 2.52. The van der Waals surface area contributed by atoms with Crippen molar-refractivity contribution in [3.8, 4) is 17.2 Å². The van der Waals surface area contributed by atoms with Crippen LogP contribution in [0.3, 0.4) is 0 Å². The standard InChI is InChI=1S/C19H19N3O4S/c1-12(23)22(19-21-14-7-5-6-8-17(14)27-19)20-11-13-9-15(24-2)18(26-4)16(10-13)25-3/h5-11H,1-4H3. The molecule has 0 unspecified atom stereocenters. The van der Waals surface area contributed by atoms with Crippen LogP contribution in [0.15, 0.2) is 41.5 Å². The van der Waals surface area contributed by atoms with E-state index in [4.69, 9.17) is 14.2 Å². The topological polar surface area (TPSA) is 73.2 Å². The zero-order valence-electron chi connectivity index (χ0n) is 15.4. The van der Waals surface area contributed by atoms with E-state index in [-0.39, 0.29) is 5.91 Å². The first-order valence-electron chi connectivity index (χ1n) is 8.07. The number of amides is 1. The first-order valence-corrected chi connectivity index (χ1v) is 8.89.